The molecule has 2 aromatic rings. The van der Waals surface area contributed by atoms with Crippen LogP contribution in [0.15, 0.2) is 28.0 Å². The minimum absolute atomic E-state index is 0.383. The maximum atomic E-state index is 12.0. The molecule has 0 aliphatic rings. The maximum Gasteiger partial charge on any atom is 0.321 e. The number of aromatic nitrogens is 3. The van der Waals surface area contributed by atoms with Gasteiger partial charge in [0.25, 0.3) is 0 Å². The van der Waals surface area contributed by atoms with E-state index in [0.717, 1.165) is 0 Å². The first-order valence-electron chi connectivity index (χ1n) is 7.29. The third kappa shape index (κ3) is 4.13. The lowest BCUT2D eigenvalue weighted by Gasteiger charge is -2.11. The maximum absolute atomic E-state index is 12.0. The van der Waals surface area contributed by atoms with Gasteiger partial charge in [-0.1, -0.05) is 11.8 Å². The third-order valence-electron chi connectivity index (χ3n) is 3.00. The topological polar surface area (TPSA) is 102 Å². The molecule has 0 aliphatic carbocycles. The van der Waals surface area contributed by atoms with E-state index in [4.69, 9.17) is 4.42 Å². The summed E-state index contributed by atoms with van der Waals surface area (Å²) in [5, 5.41) is 13.1. The van der Waals surface area contributed by atoms with Gasteiger partial charge in [0.1, 0.15) is 0 Å². The van der Waals surface area contributed by atoms with Crippen LogP contribution in [0.5, 0.6) is 0 Å². The normalized spacial score (nSPS) is 12.0. The Bertz CT molecular complexity index is 668. The molecule has 2 rings (SSSR count). The standard InChI is InChI=1S/C14H19N5O3S/c1-4-15-13(21)16-12(20)9(3)23-14-18-17-11(19(14)5-2)10-7-6-8-22-10/h6-9H,4-5H2,1-3H3,(H2,15,16,20,21)/t9-/m1/s1. The van der Waals surface area contributed by atoms with Crippen molar-refractivity contribution < 1.29 is 14.0 Å². The quantitative estimate of drug-likeness (QED) is 0.780. The van der Waals surface area contributed by atoms with Crippen molar-refractivity contribution in [2.75, 3.05) is 6.54 Å². The van der Waals surface area contributed by atoms with Gasteiger partial charge in [-0.2, -0.15) is 0 Å². The summed E-state index contributed by atoms with van der Waals surface area (Å²) < 4.78 is 7.20. The molecular formula is C14H19N5O3S. The zero-order chi connectivity index (χ0) is 16.8. The Morgan fingerprint density at radius 3 is 2.78 bits per heavy atom. The van der Waals surface area contributed by atoms with Crippen LogP contribution in [0.3, 0.4) is 0 Å². The number of nitrogens with zero attached hydrogens (tertiary/aromatic N) is 3. The Morgan fingerprint density at radius 1 is 1.39 bits per heavy atom. The highest BCUT2D eigenvalue weighted by molar-refractivity contribution is 8.00. The van der Waals surface area contributed by atoms with Crippen LogP contribution in [-0.2, 0) is 11.3 Å². The summed E-state index contributed by atoms with van der Waals surface area (Å²) in [5.74, 6) is 0.841. The van der Waals surface area contributed by atoms with Crippen molar-refractivity contribution in [2.24, 2.45) is 0 Å². The van der Waals surface area contributed by atoms with Gasteiger partial charge in [-0.15, -0.1) is 10.2 Å². The number of rotatable bonds is 6. The number of carbonyl (C=O) groups is 2. The second-order valence-corrected chi connectivity index (χ2v) is 5.94. The molecule has 0 saturated heterocycles. The minimum Gasteiger partial charge on any atom is -0.461 e. The van der Waals surface area contributed by atoms with Crippen LogP contribution in [0.1, 0.15) is 20.8 Å². The van der Waals surface area contributed by atoms with Crippen molar-refractivity contribution in [1.29, 1.82) is 0 Å². The van der Waals surface area contributed by atoms with E-state index in [1.54, 1.807) is 32.2 Å². The fourth-order valence-electron chi connectivity index (χ4n) is 1.88. The molecule has 124 valence electrons. The van der Waals surface area contributed by atoms with Gasteiger partial charge in [0.2, 0.25) is 5.91 Å². The summed E-state index contributed by atoms with van der Waals surface area (Å²) in [5.41, 5.74) is 0. The largest absolute Gasteiger partial charge is 0.461 e. The molecule has 2 N–H and O–H groups in total. The first kappa shape index (κ1) is 17.1. The van der Waals surface area contributed by atoms with Crippen molar-refractivity contribution in [2.45, 2.75) is 37.7 Å². The second kappa shape index (κ2) is 7.82. The fraction of sp³-hybridized carbons (Fsp3) is 0.429. The van der Waals surface area contributed by atoms with E-state index in [-0.39, 0.29) is 5.91 Å². The molecule has 0 aromatic carbocycles. The molecule has 9 heteroatoms. The lowest BCUT2D eigenvalue weighted by molar-refractivity contribution is -0.119. The van der Waals surface area contributed by atoms with Crippen molar-refractivity contribution >= 4 is 23.7 Å². The smallest absolute Gasteiger partial charge is 0.321 e. The summed E-state index contributed by atoms with van der Waals surface area (Å²) >= 11 is 1.24. The first-order valence-corrected chi connectivity index (χ1v) is 8.17. The van der Waals surface area contributed by atoms with Crippen LogP contribution < -0.4 is 10.6 Å². The van der Waals surface area contributed by atoms with Crippen molar-refractivity contribution in [1.82, 2.24) is 25.4 Å². The number of hydrogen-bond donors (Lipinski definition) is 2. The third-order valence-corrected chi connectivity index (χ3v) is 4.08. The molecule has 0 bridgehead atoms. The van der Waals surface area contributed by atoms with Gasteiger partial charge >= 0.3 is 6.03 Å². The van der Waals surface area contributed by atoms with Gasteiger partial charge in [0, 0.05) is 13.1 Å². The number of carbonyl (C=O) groups excluding carboxylic acids is 2. The number of imide groups is 1. The molecule has 8 nitrogen and oxygen atoms in total. The molecule has 1 atom stereocenters. The van der Waals surface area contributed by atoms with Crippen molar-refractivity contribution in [3.05, 3.63) is 18.4 Å². The first-order chi connectivity index (χ1) is 11.1. The number of urea groups is 1. The van der Waals surface area contributed by atoms with Crippen LogP contribution >= 0.6 is 11.8 Å². The Balaban J connectivity index is 2.08. The van der Waals surface area contributed by atoms with Gasteiger partial charge in [-0.05, 0) is 32.9 Å². The molecule has 0 radical (unpaired) electrons. The molecule has 0 unspecified atom stereocenters. The highest BCUT2D eigenvalue weighted by Crippen LogP contribution is 2.26. The SMILES string of the molecule is CCNC(=O)NC(=O)[C@@H](C)Sc1nnc(-c2ccco2)n1CC. The van der Waals surface area contributed by atoms with Gasteiger partial charge in [-0.25, -0.2) is 4.79 Å². The molecule has 2 heterocycles. The predicted molar refractivity (Wildman–Crippen MR) is 85.9 cm³/mol. The van der Waals surface area contributed by atoms with Crippen molar-refractivity contribution in [3.8, 4) is 11.6 Å². The molecule has 23 heavy (non-hydrogen) atoms. The lowest BCUT2D eigenvalue weighted by atomic mass is 10.4. The Hall–Kier alpha value is -2.29. The van der Waals surface area contributed by atoms with Crippen molar-refractivity contribution in [3.63, 3.8) is 0 Å². The molecule has 0 fully saturated rings. The number of thioether (sulfide) groups is 1. The molecule has 0 spiro atoms. The van der Waals surface area contributed by atoms with E-state index in [1.165, 1.54) is 11.8 Å². The molecule has 3 amide bonds. The summed E-state index contributed by atoms with van der Waals surface area (Å²) in [6.45, 7) is 6.54. The molecule has 0 saturated carbocycles. The molecular weight excluding hydrogens is 318 g/mol. The van der Waals surface area contributed by atoms with Crippen LogP contribution in [0.2, 0.25) is 0 Å². The van der Waals surface area contributed by atoms with Gasteiger partial charge in [0.15, 0.2) is 16.7 Å². The average Bonchev–Trinajstić information content (AvgIpc) is 3.15. The summed E-state index contributed by atoms with van der Waals surface area (Å²) in [6, 6.07) is 3.08. The number of furan rings is 1. The fourth-order valence-corrected chi connectivity index (χ4v) is 2.79. The van der Waals surface area contributed by atoms with Gasteiger partial charge < -0.3 is 9.73 Å². The average molecular weight is 337 g/mol. The Kier molecular flexibility index (Phi) is 5.80. The molecule has 0 aliphatic heterocycles. The minimum atomic E-state index is -0.502. The lowest BCUT2D eigenvalue weighted by Crippen LogP contribution is -2.42. The summed E-state index contributed by atoms with van der Waals surface area (Å²) in [7, 11) is 0. The van der Waals surface area contributed by atoms with Crippen LogP contribution in [0, 0.1) is 0 Å². The zero-order valence-electron chi connectivity index (χ0n) is 13.2. The van der Waals surface area contributed by atoms with Gasteiger partial charge in [-0.3, -0.25) is 14.7 Å². The number of nitrogens with one attached hydrogen (secondary N) is 2. The predicted octanol–water partition coefficient (Wildman–Crippen LogP) is 1.88. The zero-order valence-corrected chi connectivity index (χ0v) is 14.0. The van der Waals surface area contributed by atoms with Crippen LogP contribution in [0.25, 0.3) is 11.6 Å². The van der Waals surface area contributed by atoms with Crippen LogP contribution in [-0.4, -0.2) is 38.5 Å². The highest BCUT2D eigenvalue weighted by Gasteiger charge is 2.22. The summed E-state index contributed by atoms with van der Waals surface area (Å²) in [4.78, 5) is 23.4. The second-order valence-electron chi connectivity index (χ2n) is 4.64. The monoisotopic (exact) mass is 337 g/mol. The number of amides is 3. The highest BCUT2D eigenvalue weighted by atomic mass is 32.2. The van der Waals surface area contributed by atoms with E-state index in [9.17, 15) is 9.59 Å². The Labute approximate surface area is 138 Å². The van der Waals surface area contributed by atoms with E-state index in [0.29, 0.717) is 29.8 Å². The van der Waals surface area contributed by atoms with E-state index >= 15 is 0 Å². The molecule has 2 aromatic heterocycles. The van der Waals surface area contributed by atoms with E-state index < -0.39 is 11.3 Å². The van der Waals surface area contributed by atoms with Crippen LogP contribution in [0.4, 0.5) is 4.79 Å². The van der Waals surface area contributed by atoms with E-state index in [2.05, 4.69) is 20.8 Å². The number of hydrogen-bond acceptors (Lipinski definition) is 6. The Morgan fingerprint density at radius 2 is 2.17 bits per heavy atom. The van der Waals surface area contributed by atoms with Gasteiger partial charge in [0.05, 0.1) is 11.5 Å². The van der Waals surface area contributed by atoms with E-state index in [1.807, 2.05) is 11.5 Å². The summed E-state index contributed by atoms with van der Waals surface area (Å²) in [6.07, 6.45) is 1.57.